The first-order valence-corrected chi connectivity index (χ1v) is 11.8. The van der Waals surface area contributed by atoms with E-state index in [0.717, 1.165) is 5.56 Å². The van der Waals surface area contributed by atoms with Gasteiger partial charge < -0.3 is 14.2 Å². The first kappa shape index (κ1) is 23.8. The Labute approximate surface area is 207 Å². The summed E-state index contributed by atoms with van der Waals surface area (Å²) in [5.41, 5.74) is 1.80. The van der Waals surface area contributed by atoms with Crippen molar-refractivity contribution in [2.24, 2.45) is 0 Å². The molecule has 5 nitrogen and oxygen atoms in total. The van der Waals surface area contributed by atoms with Crippen molar-refractivity contribution in [3.05, 3.63) is 88.6 Å². The molecule has 3 aromatic rings. The highest BCUT2D eigenvalue weighted by molar-refractivity contribution is 8.27. The highest BCUT2D eigenvalue weighted by Crippen LogP contribution is 2.40. The fourth-order valence-corrected chi connectivity index (χ4v) is 4.70. The molecule has 8 heteroatoms. The maximum atomic E-state index is 13.9. The van der Waals surface area contributed by atoms with Crippen LogP contribution < -0.4 is 19.1 Å². The van der Waals surface area contributed by atoms with Crippen LogP contribution in [0.15, 0.2) is 71.6 Å². The van der Waals surface area contributed by atoms with Crippen LogP contribution in [-0.4, -0.2) is 23.9 Å². The minimum absolute atomic E-state index is 0.0731. The summed E-state index contributed by atoms with van der Waals surface area (Å²) < 4.78 is 31.3. The highest BCUT2D eigenvalue weighted by atomic mass is 32.2. The van der Waals surface area contributed by atoms with Gasteiger partial charge in [-0.15, -0.1) is 0 Å². The van der Waals surface area contributed by atoms with E-state index in [1.807, 2.05) is 25.1 Å². The molecule has 4 rings (SSSR count). The van der Waals surface area contributed by atoms with E-state index in [4.69, 9.17) is 26.4 Å². The lowest BCUT2D eigenvalue weighted by Crippen LogP contribution is -2.27. The van der Waals surface area contributed by atoms with Gasteiger partial charge in [-0.05, 0) is 48.9 Å². The number of amides is 1. The van der Waals surface area contributed by atoms with E-state index in [1.165, 1.54) is 22.7 Å². The number of nitrogens with zero attached hydrogens (tertiary/aromatic N) is 1. The SMILES string of the molecule is CCOc1cc(/C=C2/SC(=S)N(c3ccccc3OC)C2=O)ccc1OCc1ccccc1F. The number of para-hydroxylation sites is 2. The second-order valence-corrected chi connectivity index (χ2v) is 8.88. The number of ether oxygens (including phenoxy) is 3. The van der Waals surface area contributed by atoms with Crippen molar-refractivity contribution < 1.29 is 23.4 Å². The second-order valence-electron chi connectivity index (χ2n) is 7.21. The van der Waals surface area contributed by atoms with Crippen LogP contribution in [0.1, 0.15) is 18.1 Å². The monoisotopic (exact) mass is 495 g/mol. The zero-order valence-corrected chi connectivity index (χ0v) is 20.3. The Hall–Kier alpha value is -3.36. The van der Waals surface area contributed by atoms with Gasteiger partial charge >= 0.3 is 0 Å². The smallest absolute Gasteiger partial charge is 0.270 e. The van der Waals surface area contributed by atoms with E-state index in [2.05, 4.69) is 0 Å². The number of methoxy groups -OCH3 is 1. The first-order chi connectivity index (χ1) is 16.5. The molecule has 1 saturated heterocycles. The maximum Gasteiger partial charge on any atom is 0.270 e. The zero-order chi connectivity index (χ0) is 24.1. The number of anilines is 1. The Balaban J connectivity index is 1.57. The average molecular weight is 496 g/mol. The number of halogens is 1. The molecule has 1 aliphatic heterocycles. The molecule has 0 aromatic heterocycles. The standard InChI is InChI=1S/C26H22FNO4S2/c1-3-31-23-14-17(12-13-22(23)32-16-18-8-4-5-9-19(18)27)15-24-25(29)28(26(33)34-24)20-10-6-7-11-21(20)30-2/h4-15H,3,16H2,1-2H3/b24-15+. The zero-order valence-electron chi connectivity index (χ0n) is 18.6. The van der Waals surface area contributed by atoms with Crippen LogP contribution in [0.5, 0.6) is 17.2 Å². The average Bonchev–Trinajstić information content (AvgIpc) is 3.12. The normalized spacial score (nSPS) is 14.6. The fraction of sp³-hybridized carbons (Fsp3) is 0.154. The van der Waals surface area contributed by atoms with Gasteiger partial charge in [0.1, 0.15) is 18.2 Å². The van der Waals surface area contributed by atoms with E-state index >= 15 is 0 Å². The summed E-state index contributed by atoms with van der Waals surface area (Å²) in [4.78, 5) is 15.1. The molecule has 1 heterocycles. The molecule has 0 radical (unpaired) electrons. The number of hydrogen-bond acceptors (Lipinski definition) is 6. The molecule has 174 valence electrons. The Morgan fingerprint density at radius 2 is 1.76 bits per heavy atom. The molecule has 1 aliphatic rings. The number of thioether (sulfide) groups is 1. The lowest BCUT2D eigenvalue weighted by molar-refractivity contribution is -0.113. The summed E-state index contributed by atoms with van der Waals surface area (Å²) in [6, 6.07) is 19.1. The summed E-state index contributed by atoms with van der Waals surface area (Å²) in [6.45, 7) is 2.37. The molecule has 0 saturated carbocycles. The number of carbonyl (C=O) groups is 1. The molecule has 34 heavy (non-hydrogen) atoms. The molecule has 1 amide bonds. The van der Waals surface area contributed by atoms with E-state index in [-0.39, 0.29) is 18.3 Å². The second kappa shape index (κ2) is 10.7. The van der Waals surface area contributed by atoms with Gasteiger partial charge in [-0.1, -0.05) is 60.4 Å². The summed E-state index contributed by atoms with van der Waals surface area (Å²) in [5.74, 6) is 1.01. The predicted octanol–water partition coefficient (Wildman–Crippen LogP) is 6.22. The quantitative estimate of drug-likeness (QED) is 0.273. The van der Waals surface area contributed by atoms with Gasteiger partial charge in [0.2, 0.25) is 0 Å². The van der Waals surface area contributed by atoms with E-state index in [0.29, 0.717) is 44.3 Å². The molecule has 0 spiro atoms. The Bertz CT molecular complexity index is 1260. The molecule has 0 unspecified atom stereocenters. The van der Waals surface area contributed by atoms with Crippen molar-refractivity contribution in [1.82, 2.24) is 0 Å². The Morgan fingerprint density at radius 3 is 2.53 bits per heavy atom. The first-order valence-electron chi connectivity index (χ1n) is 10.6. The van der Waals surface area contributed by atoms with Gasteiger partial charge in [0, 0.05) is 5.56 Å². The van der Waals surface area contributed by atoms with Crippen molar-refractivity contribution in [1.29, 1.82) is 0 Å². The largest absolute Gasteiger partial charge is 0.495 e. The van der Waals surface area contributed by atoms with Crippen molar-refractivity contribution in [3.63, 3.8) is 0 Å². The lowest BCUT2D eigenvalue weighted by Gasteiger charge is -2.17. The van der Waals surface area contributed by atoms with Crippen LogP contribution in [0.2, 0.25) is 0 Å². The van der Waals surface area contributed by atoms with Gasteiger partial charge in [0.25, 0.3) is 5.91 Å². The van der Waals surface area contributed by atoms with Crippen LogP contribution in [0.25, 0.3) is 6.08 Å². The summed E-state index contributed by atoms with van der Waals surface area (Å²) in [6.07, 6.45) is 1.76. The number of carbonyl (C=O) groups excluding carboxylic acids is 1. The Morgan fingerprint density at radius 1 is 1.00 bits per heavy atom. The van der Waals surface area contributed by atoms with Crippen molar-refractivity contribution in [2.75, 3.05) is 18.6 Å². The Kier molecular flexibility index (Phi) is 7.49. The van der Waals surface area contributed by atoms with Gasteiger partial charge in [-0.3, -0.25) is 9.69 Å². The number of hydrogen-bond donors (Lipinski definition) is 0. The topological polar surface area (TPSA) is 48.0 Å². The van der Waals surface area contributed by atoms with Crippen LogP contribution in [0.4, 0.5) is 10.1 Å². The molecule has 0 aliphatic carbocycles. The minimum atomic E-state index is -0.325. The predicted molar refractivity (Wildman–Crippen MR) is 137 cm³/mol. The van der Waals surface area contributed by atoms with Crippen LogP contribution in [0.3, 0.4) is 0 Å². The third kappa shape index (κ3) is 5.08. The van der Waals surface area contributed by atoms with E-state index in [9.17, 15) is 9.18 Å². The molecule has 0 atom stereocenters. The van der Waals surface area contributed by atoms with E-state index < -0.39 is 0 Å². The molecule has 1 fully saturated rings. The summed E-state index contributed by atoms with van der Waals surface area (Å²) >= 11 is 6.70. The molecule has 0 N–H and O–H groups in total. The van der Waals surface area contributed by atoms with Crippen molar-refractivity contribution >= 4 is 46.0 Å². The van der Waals surface area contributed by atoms with Crippen LogP contribution in [-0.2, 0) is 11.4 Å². The number of benzene rings is 3. The third-order valence-electron chi connectivity index (χ3n) is 5.03. The molecule has 3 aromatic carbocycles. The molecular weight excluding hydrogens is 473 g/mol. The van der Waals surface area contributed by atoms with Crippen LogP contribution >= 0.6 is 24.0 Å². The van der Waals surface area contributed by atoms with Gasteiger partial charge in [-0.2, -0.15) is 0 Å². The number of thiocarbonyl (C=S) groups is 1. The maximum absolute atomic E-state index is 13.9. The molecule has 0 bridgehead atoms. The van der Waals surface area contributed by atoms with E-state index in [1.54, 1.807) is 55.7 Å². The van der Waals surface area contributed by atoms with Gasteiger partial charge in [-0.25, -0.2) is 4.39 Å². The highest BCUT2D eigenvalue weighted by Gasteiger charge is 2.34. The number of rotatable bonds is 8. The minimum Gasteiger partial charge on any atom is -0.495 e. The third-order valence-corrected chi connectivity index (χ3v) is 6.33. The van der Waals surface area contributed by atoms with Crippen LogP contribution in [0, 0.1) is 5.82 Å². The van der Waals surface area contributed by atoms with Crippen molar-refractivity contribution in [2.45, 2.75) is 13.5 Å². The van der Waals surface area contributed by atoms with Crippen molar-refractivity contribution in [3.8, 4) is 17.2 Å². The van der Waals surface area contributed by atoms with Gasteiger partial charge in [0.05, 0.1) is 24.3 Å². The van der Waals surface area contributed by atoms with Gasteiger partial charge in [0.15, 0.2) is 15.8 Å². The lowest BCUT2D eigenvalue weighted by atomic mass is 10.1. The fourth-order valence-electron chi connectivity index (χ4n) is 3.41. The summed E-state index contributed by atoms with van der Waals surface area (Å²) in [7, 11) is 1.55. The summed E-state index contributed by atoms with van der Waals surface area (Å²) in [5, 5.41) is 0. The molecular formula is C26H22FNO4S2.